The van der Waals surface area contributed by atoms with Gasteiger partial charge in [0.15, 0.2) is 0 Å². The maximum atomic E-state index is 4.24. The number of rotatable bonds is 5. The molecule has 6 aromatic carbocycles. The molecule has 3 aromatic heterocycles. The third-order valence-corrected chi connectivity index (χ3v) is 9.25. The van der Waals surface area contributed by atoms with Crippen LogP contribution in [0.1, 0.15) is 11.3 Å². The topological polar surface area (TPSA) is 14.8 Å². The lowest BCUT2D eigenvalue weighted by Crippen LogP contribution is -1.99. The van der Waals surface area contributed by atoms with E-state index in [1.807, 2.05) is 12.2 Å². The van der Waals surface area contributed by atoms with Crippen LogP contribution in [0.25, 0.3) is 83.6 Å². The van der Waals surface area contributed by atoms with Gasteiger partial charge in [-0.2, -0.15) is 0 Å². The largest absolute Gasteiger partial charge is 0.317 e. The smallest absolute Gasteiger partial charge is 0.0619 e. The zero-order valence-corrected chi connectivity index (χ0v) is 24.7. The molecule has 0 aliphatic rings. The van der Waals surface area contributed by atoms with Crippen molar-refractivity contribution in [1.29, 1.82) is 0 Å². The quantitative estimate of drug-likeness (QED) is 0.194. The summed E-state index contributed by atoms with van der Waals surface area (Å²) in [6.45, 7) is 8.44. The van der Waals surface area contributed by atoms with Gasteiger partial charge in [-0.1, -0.05) is 92.0 Å². The van der Waals surface area contributed by atoms with Crippen molar-refractivity contribution in [2.24, 2.45) is 0 Å². The van der Waals surface area contributed by atoms with Crippen molar-refractivity contribution >= 4 is 66.5 Å². The molecule has 3 nitrogen and oxygen atoms in total. The molecule has 45 heavy (non-hydrogen) atoms. The first-order valence-corrected chi connectivity index (χ1v) is 15.3. The van der Waals surface area contributed by atoms with E-state index in [0.29, 0.717) is 0 Å². The van der Waals surface area contributed by atoms with Crippen LogP contribution in [-0.2, 0) is 0 Å². The molecule has 212 valence electrons. The van der Waals surface area contributed by atoms with Crippen LogP contribution in [0.5, 0.6) is 0 Å². The Bertz CT molecular complexity index is 2550. The van der Waals surface area contributed by atoms with Crippen molar-refractivity contribution in [1.82, 2.24) is 13.7 Å². The van der Waals surface area contributed by atoms with E-state index in [1.165, 1.54) is 48.9 Å². The third-order valence-electron chi connectivity index (χ3n) is 9.25. The molecule has 9 aromatic rings. The molecule has 0 atom stereocenters. The highest BCUT2D eigenvalue weighted by molar-refractivity contribution is 6.18. The Hall–Kier alpha value is -6.06. The summed E-state index contributed by atoms with van der Waals surface area (Å²) in [6, 6.07) is 47.9. The molecular formula is C42H29N3. The summed E-state index contributed by atoms with van der Waals surface area (Å²) in [5.74, 6) is 0. The molecule has 0 bridgehead atoms. The monoisotopic (exact) mass is 575 g/mol. The van der Waals surface area contributed by atoms with Gasteiger partial charge in [-0.05, 0) is 72.1 Å². The number of benzene rings is 6. The molecule has 0 saturated carbocycles. The molecule has 3 heterocycles. The maximum Gasteiger partial charge on any atom is 0.0619 e. The van der Waals surface area contributed by atoms with Gasteiger partial charge in [0.05, 0.1) is 27.8 Å². The molecule has 3 heteroatoms. The first kappa shape index (κ1) is 25.4. The molecule has 0 saturated heterocycles. The Labute approximate surface area is 260 Å². The molecule has 9 rings (SSSR count). The molecule has 0 aliphatic heterocycles. The Morgan fingerprint density at radius 2 is 0.978 bits per heavy atom. The summed E-state index contributed by atoms with van der Waals surface area (Å²) < 4.78 is 6.96. The molecule has 0 radical (unpaired) electrons. The van der Waals surface area contributed by atoms with Crippen molar-refractivity contribution < 1.29 is 0 Å². The van der Waals surface area contributed by atoms with Crippen LogP contribution < -0.4 is 0 Å². The highest BCUT2D eigenvalue weighted by atomic mass is 15.0. The first-order valence-electron chi connectivity index (χ1n) is 15.3. The van der Waals surface area contributed by atoms with Gasteiger partial charge in [0, 0.05) is 55.8 Å². The van der Waals surface area contributed by atoms with E-state index < -0.39 is 0 Å². The second kappa shape index (κ2) is 9.73. The summed E-state index contributed by atoms with van der Waals surface area (Å²) in [5.41, 5.74) is 10.3. The summed E-state index contributed by atoms with van der Waals surface area (Å²) >= 11 is 0. The van der Waals surface area contributed by atoms with Crippen LogP contribution in [-0.4, -0.2) is 13.7 Å². The van der Waals surface area contributed by atoms with Gasteiger partial charge >= 0.3 is 0 Å². The average Bonchev–Trinajstić information content (AvgIpc) is 3.78. The fraction of sp³-hybridized carbons (Fsp3) is 0. The third kappa shape index (κ3) is 3.58. The molecule has 0 spiro atoms. The summed E-state index contributed by atoms with van der Waals surface area (Å²) in [5, 5.41) is 7.35. The fourth-order valence-corrected chi connectivity index (χ4v) is 7.30. The van der Waals surface area contributed by atoms with E-state index in [1.54, 1.807) is 0 Å². The lowest BCUT2D eigenvalue weighted by molar-refractivity contribution is 1.10. The van der Waals surface area contributed by atoms with Crippen molar-refractivity contribution in [3.8, 4) is 17.1 Å². The van der Waals surface area contributed by atoms with E-state index in [0.717, 1.165) is 33.8 Å². The van der Waals surface area contributed by atoms with Gasteiger partial charge in [-0.3, -0.25) is 0 Å². The maximum absolute atomic E-state index is 4.24. The zero-order chi connectivity index (χ0) is 30.1. The van der Waals surface area contributed by atoms with Gasteiger partial charge in [0.1, 0.15) is 0 Å². The number of fused-ring (bicyclic) bond motifs is 8. The van der Waals surface area contributed by atoms with Gasteiger partial charge in [-0.25, -0.2) is 0 Å². The van der Waals surface area contributed by atoms with Crippen LogP contribution in [0, 0.1) is 0 Å². The SMILES string of the molecule is C=Cc1c(C=C)n(-c2ccc(-n3c4ccccc4c4ccccc43)cc2)c2c1ccc1c3ccn(-c4ccccc4)c3ccc12. The van der Waals surface area contributed by atoms with E-state index in [4.69, 9.17) is 0 Å². The number of hydrogen-bond acceptors (Lipinski definition) is 0. The molecule has 0 aliphatic carbocycles. The van der Waals surface area contributed by atoms with Crippen LogP contribution in [0.15, 0.2) is 153 Å². The van der Waals surface area contributed by atoms with Crippen LogP contribution >= 0.6 is 0 Å². The first-order chi connectivity index (χ1) is 22.3. The van der Waals surface area contributed by atoms with Gasteiger partial charge < -0.3 is 13.7 Å². The molecular weight excluding hydrogens is 546 g/mol. The zero-order valence-electron chi connectivity index (χ0n) is 24.7. The van der Waals surface area contributed by atoms with Gasteiger partial charge in [0.25, 0.3) is 0 Å². The number of para-hydroxylation sites is 3. The van der Waals surface area contributed by atoms with Crippen LogP contribution in [0.2, 0.25) is 0 Å². The van der Waals surface area contributed by atoms with E-state index in [9.17, 15) is 0 Å². The van der Waals surface area contributed by atoms with Gasteiger partial charge in [-0.15, -0.1) is 0 Å². The standard InChI is InChI=1S/C42H29N3/c1-3-31-36-23-22-32-35-26-27-43(28-12-6-5-7-13-28)39(35)25-24-37(32)42(36)45(38(31)4-2)30-20-18-29(19-21-30)44-40-16-10-8-14-33(40)34-15-9-11-17-41(34)44/h3-27H,1-2H2. The minimum Gasteiger partial charge on any atom is -0.317 e. The minimum absolute atomic E-state index is 1.04. The predicted molar refractivity (Wildman–Crippen MR) is 192 cm³/mol. The predicted octanol–water partition coefficient (Wildman–Crippen LogP) is 11.1. The summed E-state index contributed by atoms with van der Waals surface area (Å²) in [6.07, 6.45) is 6.08. The van der Waals surface area contributed by atoms with Crippen molar-refractivity contribution in [3.05, 3.63) is 164 Å². The number of aromatic nitrogens is 3. The second-order valence-corrected chi connectivity index (χ2v) is 11.5. The van der Waals surface area contributed by atoms with Crippen molar-refractivity contribution in [2.45, 2.75) is 0 Å². The number of nitrogens with zero attached hydrogens (tertiary/aromatic N) is 3. The van der Waals surface area contributed by atoms with E-state index in [2.05, 4.69) is 167 Å². The lowest BCUT2D eigenvalue weighted by atomic mass is 10.0. The number of hydrogen-bond donors (Lipinski definition) is 0. The normalized spacial score (nSPS) is 11.7. The van der Waals surface area contributed by atoms with Crippen LogP contribution in [0.4, 0.5) is 0 Å². The minimum atomic E-state index is 1.04. The molecule has 0 fully saturated rings. The highest BCUT2D eigenvalue weighted by Gasteiger charge is 2.19. The van der Waals surface area contributed by atoms with Crippen LogP contribution in [0.3, 0.4) is 0 Å². The van der Waals surface area contributed by atoms with Crippen molar-refractivity contribution in [3.63, 3.8) is 0 Å². The molecule has 0 N–H and O–H groups in total. The fourth-order valence-electron chi connectivity index (χ4n) is 7.30. The Balaban J connectivity index is 1.28. The molecule has 0 amide bonds. The second-order valence-electron chi connectivity index (χ2n) is 11.5. The Morgan fingerprint density at radius 3 is 1.64 bits per heavy atom. The van der Waals surface area contributed by atoms with Gasteiger partial charge in [0.2, 0.25) is 0 Å². The molecule has 0 unspecified atom stereocenters. The average molecular weight is 576 g/mol. The van der Waals surface area contributed by atoms with E-state index >= 15 is 0 Å². The Morgan fingerprint density at radius 1 is 0.400 bits per heavy atom. The summed E-state index contributed by atoms with van der Waals surface area (Å²) in [4.78, 5) is 0. The lowest BCUT2D eigenvalue weighted by Gasteiger charge is -2.14. The summed E-state index contributed by atoms with van der Waals surface area (Å²) in [7, 11) is 0. The van der Waals surface area contributed by atoms with E-state index in [-0.39, 0.29) is 0 Å². The van der Waals surface area contributed by atoms with Crippen molar-refractivity contribution in [2.75, 3.05) is 0 Å². The highest BCUT2D eigenvalue weighted by Crippen LogP contribution is 2.39. The Kier molecular flexibility index (Phi) is 5.50.